The Hall–Kier alpha value is -2.57. The van der Waals surface area contributed by atoms with Crippen molar-refractivity contribution in [1.82, 2.24) is 5.32 Å². The zero-order chi connectivity index (χ0) is 20.1. The Morgan fingerprint density at radius 3 is 2.71 bits per heavy atom. The Labute approximate surface area is 166 Å². The van der Waals surface area contributed by atoms with E-state index >= 15 is 0 Å². The van der Waals surface area contributed by atoms with Gasteiger partial charge in [0.1, 0.15) is 30.8 Å². The molecule has 0 bridgehead atoms. The topological polar surface area (TPSA) is 71.0 Å². The van der Waals surface area contributed by atoms with Crippen LogP contribution in [-0.2, 0) is 0 Å². The van der Waals surface area contributed by atoms with E-state index in [4.69, 9.17) is 9.47 Å². The summed E-state index contributed by atoms with van der Waals surface area (Å²) in [5.41, 5.74) is 1.31. The maximum Gasteiger partial charge on any atom is 0.258 e. The number of ether oxygens (including phenoxy) is 2. The molecule has 2 aromatic rings. The molecule has 6 heteroatoms. The standard InChI is InChI=1S/C22H28N2O4/c1-22(2,3)23-14-17(25)15-28-18-9-10-19-20(13-18)27-12-11-24(19)21(26)16-7-5-4-6-8-16/h4-10,13,17,23,25H,11-12,14-15H2,1-3H3. The summed E-state index contributed by atoms with van der Waals surface area (Å²) >= 11 is 0. The third kappa shape index (κ3) is 5.24. The fraction of sp³-hybridized carbons (Fsp3) is 0.409. The summed E-state index contributed by atoms with van der Waals surface area (Å²) < 4.78 is 11.4. The van der Waals surface area contributed by atoms with Gasteiger partial charge in [0, 0.05) is 23.7 Å². The first kappa shape index (κ1) is 20.2. The van der Waals surface area contributed by atoms with Gasteiger partial charge in [-0.2, -0.15) is 0 Å². The van der Waals surface area contributed by atoms with E-state index in [-0.39, 0.29) is 18.1 Å². The van der Waals surface area contributed by atoms with Crippen LogP contribution >= 0.6 is 0 Å². The molecule has 1 unspecified atom stereocenters. The Bertz CT molecular complexity index is 802. The first-order chi connectivity index (χ1) is 13.3. The van der Waals surface area contributed by atoms with Crippen LogP contribution in [0.4, 0.5) is 5.69 Å². The first-order valence-electron chi connectivity index (χ1n) is 9.53. The number of β-amino-alcohol motifs (C(OH)–C–C–N with tert-alkyl or cyclic N) is 1. The van der Waals surface area contributed by atoms with Crippen LogP contribution in [0.2, 0.25) is 0 Å². The van der Waals surface area contributed by atoms with Gasteiger partial charge in [-0.1, -0.05) is 18.2 Å². The lowest BCUT2D eigenvalue weighted by Crippen LogP contribution is -2.42. The van der Waals surface area contributed by atoms with Crippen LogP contribution in [0, 0.1) is 0 Å². The normalized spacial score (nSPS) is 14.8. The van der Waals surface area contributed by atoms with E-state index in [0.717, 1.165) is 5.69 Å². The Morgan fingerprint density at radius 1 is 1.25 bits per heavy atom. The van der Waals surface area contributed by atoms with Gasteiger partial charge in [-0.05, 0) is 45.0 Å². The van der Waals surface area contributed by atoms with Crippen molar-refractivity contribution >= 4 is 11.6 Å². The first-order valence-corrected chi connectivity index (χ1v) is 9.53. The van der Waals surface area contributed by atoms with Crippen LogP contribution in [0.25, 0.3) is 0 Å². The quantitative estimate of drug-likeness (QED) is 0.801. The number of amides is 1. The number of hydrogen-bond acceptors (Lipinski definition) is 5. The second-order valence-corrected chi connectivity index (χ2v) is 7.90. The number of aliphatic hydroxyl groups excluding tert-OH is 1. The van der Waals surface area contributed by atoms with Gasteiger partial charge in [-0.25, -0.2) is 0 Å². The van der Waals surface area contributed by atoms with Gasteiger partial charge in [0.2, 0.25) is 0 Å². The van der Waals surface area contributed by atoms with Crippen molar-refractivity contribution in [3.8, 4) is 11.5 Å². The highest BCUT2D eigenvalue weighted by molar-refractivity contribution is 6.07. The molecule has 1 heterocycles. The fourth-order valence-electron chi connectivity index (χ4n) is 2.91. The fourth-order valence-corrected chi connectivity index (χ4v) is 2.91. The minimum absolute atomic E-state index is 0.0532. The predicted octanol–water partition coefficient (Wildman–Crippen LogP) is 2.85. The van der Waals surface area contributed by atoms with Crippen LogP contribution < -0.4 is 19.7 Å². The molecule has 28 heavy (non-hydrogen) atoms. The van der Waals surface area contributed by atoms with Gasteiger partial charge in [0.05, 0.1) is 12.2 Å². The molecule has 0 saturated carbocycles. The summed E-state index contributed by atoms with van der Waals surface area (Å²) in [5.74, 6) is 1.15. The van der Waals surface area contributed by atoms with Crippen LogP contribution in [-0.4, -0.2) is 49.0 Å². The molecule has 3 rings (SSSR count). The maximum absolute atomic E-state index is 12.8. The van der Waals surface area contributed by atoms with Crippen LogP contribution in [0.3, 0.4) is 0 Å². The highest BCUT2D eigenvalue weighted by atomic mass is 16.5. The van der Waals surface area contributed by atoms with Crippen LogP contribution in [0.15, 0.2) is 48.5 Å². The molecule has 0 radical (unpaired) electrons. The molecule has 0 saturated heterocycles. The monoisotopic (exact) mass is 384 g/mol. The molecule has 0 aliphatic carbocycles. The van der Waals surface area contributed by atoms with Crippen LogP contribution in [0.1, 0.15) is 31.1 Å². The van der Waals surface area contributed by atoms with Crippen molar-refractivity contribution in [2.45, 2.75) is 32.4 Å². The predicted molar refractivity (Wildman–Crippen MR) is 109 cm³/mol. The molecule has 150 valence electrons. The number of anilines is 1. The van der Waals surface area contributed by atoms with E-state index < -0.39 is 6.10 Å². The molecule has 0 spiro atoms. The largest absolute Gasteiger partial charge is 0.491 e. The molecule has 6 nitrogen and oxygen atoms in total. The summed E-state index contributed by atoms with van der Waals surface area (Å²) in [5, 5.41) is 13.3. The number of fused-ring (bicyclic) bond motifs is 1. The molecule has 1 aliphatic heterocycles. The summed E-state index contributed by atoms with van der Waals surface area (Å²) in [7, 11) is 0. The number of aliphatic hydroxyl groups is 1. The van der Waals surface area contributed by atoms with Gasteiger partial charge >= 0.3 is 0 Å². The molecule has 2 aromatic carbocycles. The van der Waals surface area contributed by atoms with Gasteiger partial charge in [-0.3, -0.25) is 4.79 Å². The van der Waals surface area contributed by atoms with Crippen molar-refractivity contribution in [2.24, 2.45) is 0 Å². The highest BCUT2D eigenvalue weighted by Gasteiger charge is 2.25. The summed E-state index contributed by atoms with van der Waals surface area (Å²) in [6.07, 6.45) is -0.618. The second kappa shape index (κ2) is 8.63. The van der Waals surface area contributed by atoms with E-state index in [0.29, 0.717) is 36.8 Å². The van der Waals surface area contributed by atoms with E-state index in [1.165, 1.54) is 0 Å². The van der Waals surface area contributed by atoms with Gasteiger partial charge in [0.15, 0.2) is 0 Å². The molecule has 0 aromatic heterocycles. The van der Waals surface area contributed by atoms with Gasteiger partial charge in [-0.15, -0.1) is 0 Å². The Balaban J connectivity index is 1.65. The molecule has 0 fully saturated rings. The number of rotatable bonds is 6. The molecular formula is C22H28N2O4. The number of hydrogen-bond donors (Lipinski definition) is 2. The number of carbonyl (C=O) groups is 1. The SMILES string of the molecule is CC(C)(C)NCC(O)COc1ccc2c(c1)OCCN2C(=O)c1ccccc1. The lowest BCUT2D eigenvalue weighted by Gasteiger charge is -2.30. The third-order valence-corrected chi connectivity index (χ3v) is 4.37. The average Bonchev–Trinajstić information content (AvgIpc) is 2.69. The summed E-state index contributed by atoms with van der Waals surface area (Å²) in [6, 6.07) is 14.6. The number of nitrogens with one attached hydrogen (secondary N) is 1. The molecule has 2 N–H and O–H groups in total. The maximum atomic E-state index is 12.8. The average molecular weight is 384 g/mol. The Morgan fingerprint density at radius 2 is 2.00 bits per heavy atom. The molecule has 1 aliphatic rings. The summed E-state index contributed by atoms with van der Waals surface area (Å²) in [6.45, 7) is 7.68. The molecule has 1 amide bonds. The van der Waals surface area contributed by atoms with E-state index in [1.807, 2.05) is 57.2 Å². The summed E-state index contributed by atoms with van der Waals surface area (Å²) in [4.78, 5) is 14.5. The van der Waals surface area contributed by atoms with Crippen molar-refractivity contribution in [3.05, 3.63) is 54.1 Å². The minimum Gasteiger partial charge on any atom is -0.491 e. The molecule has 1 atom stereocenters. The van der Waals surface area contributed by atoms with Crippen molar-refractivity contribution in [3.63, 3.8) is 0 Å². The van der Waals surface area contributed by atoms with E-state index in [2.05, 4.69) is 5.32 Å². The molecular weight excluding hydrogens is 356 g/mol. The van der Waals surface area contributed by atoms with Gasteiger partial charge < -0.3 is 24.8 Å². The number of carbonyl (C=O) groups excluding carboxylic acids is 1. The van der Waals surface area contributed by atoms with Crippen molar-refractivity contribution in [2.75, 3.05) is 31.2 Å². The van der Waals surface area contributed by atoms with E-state index in [9.17, 15) is 9.90 Å². The second-order valence-electron chi connectivity index (χ2n) is 7.90. The Kier molecular flexibility index (Phi) is 6.21. The highest BCUT2D eigenvalue weighted by Crippen LogP contribution is 2.35. The van der Waals surface area contributed by atoms with E-state index in [1.54, 1.807) is 17.0 Å². The third-order valence-electron chi connectivity index (χ3n) is 4.37. The zero-order valence-corrected chi connectivity index (χ0v) is 16.6. The number of nitrogens with zero attached hydrogens (tertiary/aromatic N) is 1. The lowest BCUT2D eigenvalue weighted by atomic mass is 10.1. The van der Waals surface area contributed by atoms with Crippen molar-refractivity contribution in [1.29, 1.82) is 0 Å². The lowest BCUT2D eigenvalue weighted by molar-refractivity contribution is 0.0974. The smallest absolute Gasteiger partial charge is 0.258 e. The van der Waals surface area contributed by atoms with Crippen LogP contribution in [0.5, 0.6) is 11.5 Å². The minimum atomic E-state index is -0.618. The number of benzene rings is 2. The zero-order valence-electron chi connectivity index (χ0n) is 16.6. The van der Waals surface area contributed by atoms with Crippen molar-refractivity contribution < 1.29 is 19.4 Å². The van der Waals surface area contributed by atoms with Gasteiger partial charge in [0.25, 0.3) is 5.91 Å².